The molecule has 0 aliphatic carbocycles. The van der Waals surface area contributed by atoms with E-state index in [0.29, 0.717) is 29.0 Å². The van der Waals surface area contributed by atoms with Gasteiger partial charge < -0.3 is 20.9 Å². The molecule has 9 nitrogen and oxygen atoms in total. The monoisotopic (exact) mass is 527 g/mol. The number of halogens is 1. The minimum atomic E-state index is -0.339. The third-order valence-corrected chi connectivity index (χ3v) is 7.30. The maximum atomic E-state index is 13.4. The van der Waals surface area contributed by atoms with Gasteiger partial charge in [0.2, 0.25) is 0 Å². The van der Waals surface area contributed by atoms with Crippen LogP contribution in [0.4, 0.5) is 15.9 Å². The summed E-state index contributed by atoms with van der Waals surface area (Å²) >= 11 is 0. The molecule has 2 aromatic carbocycles. The molecule has 0 spiro atoms. The maximum Gasteiger partial charge on any atom is 0.143 e. The summed E-state index contributed by atoms with van der Waals surface area (Å²) < 4.78 is 28.9. The molecule has 0 amide bonds. The Morgan fingerprint density at radius 2 is 1.82 bits per heavy atom. The summed E-state index contributed by atoms with van der Waals surface area (Å²) in [6, 6.07) is 12.1. The van der Waals surface area contributed by atoms with Crippen molar-refractivity contribution in [2.75, 3.05) is 24.7 Å². The topological polar surface area (TPSA) is 119 Å². The van der Waals surface area contributed by atoms with Crippen LogP contribution in [0.3, 0.4) is 0 Å². The molecule has 4 heterocycles. The number of nitrogen functional groups attached to an aromatic ring is 2. The van der Waals surface area contributed by atoms with Crippen LogP contribution in [-0.4, -0.2) is 37.8 Å². The number of benzene rings is 2. The number of ether oxygens (including phenoxy) is 2. The number of rotatable bonds is 6. The van der Waals surface area contributed by atoms with Crippen molar-refractivity contribution in [1.29, 1.82) is 0 Å². The van der Waals surface area contributed by atoms with Crippen LogP contribution in [0.25, 0.3) is 33.3 Å². The van der Waals surface area contributed by atoms with Crippen molar-refractivity contribution in [3.05, 3.63) is 72.4 Å². The van der Waals surface area contributed by atoms with E-state index >= 15 is 0 Å². The largest absolute Gasteiger partial charge is 0.484 e. The second kappa shape index (κ2) is 10.0. The Balaban J connectivity index is 1.37. The van der Waals surface area contributed by atoms with Crippen molar-refractivity contribution < 1.29 is 13.9 Å². The molecule has 4 N–H and O–H groups in total. The molecule has 1 saturated heterocycles. The van der Waals surface area contributed by atoms with Crippen molar-refractivity contribution in [2.24, 2.45) is 7.05 Å². The van der Waals surface area contributed by atoms with E-state index in [1.807, 2.05) is 41.7 Å². The summed E-state index contributed by atoms with van der Waals surface area (Å²) in [6.45, 7) is 3.38. The highest BCUT2D eigenvalue weighted by molar-refractivity contribution is 6.06. The molecule has 0 bridgehead atoms. The van der Waals surface area contributed by atoms with Gasteiger partial charge in [-0.3, -0.25) is 9.36 Å². The fourth-order valence-electron chi connectivity index (χ4n) is 5.15. The van der Waals surface area contributed by atoms with Gasteiger partial charge >= 0.3 is 0 Å². The molecule has 5 aromatic rings. The van der Waals surface area contributed by atoms with E-state index in [1.54, 1.807) is 24.4 Å². The number of anilines is 2. The Morgan fingerprint density at radius 1 is 1.05 bits per heavy atom. The molecule has 200 valence electrons. The standard InChI is InChI=1S/C29H30FN7O2/c1-17(18-3-6-21(30)7-4-18)39-25-13-19(5-8-24(25)31)27-26-28(36(2)35-27)23(15-33-29(26)32)20-14-34-37(16-20)22-9-11-38-12-10-22/h3-8,13-17,22H,9-12,31H2,1-2H3,(H2,32,33). The third-order valence-electron chi connectivity index (χ3n) is 7.30. The molecule has 0 radical (unpaired) electrons. The van der Waals surface area contributed by atoms with Crippen LogP contribution < -0.4 is 16.2 Å². The molecule has 0 saturated carbocycles. The predicted molar refractivity (Wildman–Crippen MR) is 149 cm³/mol. The van der Waals surface area contributed by atoms with Crippen LogP contribution in [0.5, 0.6) is 5.75 Å². The molecule has 10 heteroatoms. The summed E-state index contributed by atoms with van der Waals surface area (Å²) in [7, 11) is 1.89. The van der Waals surface area contributed by atoms with E-state index in [4.69, 9.17) is 26.0 Å². The number of nitrogens with two attached hydrogens (primary N) is 2. The summed E-state index contributed by atoms with van der Waals surface area (Å²) in [6.07, 6.45) is 7.23. The van der Waals surface area contributed by atoms with Crippen LogP contribution >= 0.6 is 0 Å². The lowest BCUT2D eigenvalue weighted by Crippen LogP contribution is -2.19. The average Bonchev–Trinajstić information content (AvgIpc) is 3.57. The van der Waals surface area contributed by atoms with E-state index < -0.39 is 0 Å². The molecular formula is C29H30FN7O2. The number of hydrogen-bond acceptors (Lipinski definition) is 7. The van der Waals surface area contributed by atoms with Crippen LogP contribution in [0, 0.1) is 5.82 Å². The van der Waals surface area contributed by atoms with Crippen LogP contribution in [-0.2, 0) is 11.8 Å². The molecule has 1 aliphatic heterocycles. The molecule has 1 aliphatic rings. The fraction of sp³-hybridized carbons (Fsp3) is 0.276. The molecule has 6 rings (SSSR count). The molecule has 1 fully saturated rings. The number of aryl methyl sites for hydroxylation is 1. The molecule has 3 aromatic heterocycles. The number of pyridine rings is 1. The van der Waals surface area contributed by atoms with Gasteiger partial charge in [0, 0.05) is 49.3 Å². The van der Waals surface area contributed by atoms with E-state index in [2.05, 4.69) is 16.3 Å². The highest BCUT2D eigenvalue weighted by atomic mass is 19.1. The van der Waals surface area contributed by atoms with Crippen molar-refractivity contribution in [3.8, 4) is 28.1 Å². The zero-order chi connectivity index (χ0) is 27.1. The Hall–Kier alpha value is -4.44. The lowest BCUT2D eigenvalue weighted by Gasteiger charge is -2.22. The lowest BCUT2D eigenvalue weighted by molar-refractivity contribution is 0.0662. The minimum absolute atomic E-state index is 0.295. The Bertz CT molecular complexity index is 1640. The first-order chi connectivity index (χ1) is 18.9. The first-order valence-corrected chi connectivity index (χ1v) is 12.9. The van der Waals surface area contributed by atoms with Gasteiger partial charge in [0.25, 0.3) is 0 Å². The molecule has 1 atom stereocenters. The summed E-state index contributed by atoms with van der Waals surface area (Å²) in [5.74, 6) is 0.590. The zero-order valence-electron chi connectivity index (χ0n) is 21.8. The number of nitrogens with zero attached hydrogens (tertiary/aromatic N) is 5. The van der Waals surface area contributed by atoms with Crippen molar-refractivity contribution in [2.45, 2.75) is 31.9 Å². The Morgan fingerprint density at radius 3 is 2.59 bits per heavy atom. The van der Waals surface area contributed by atoms with E-state index in [0.717, 1.165) is 59.2 Å². The molecular weight excluding hydrogens is 497 g/mol. The van der Waals surface area contributed by atoms with E-state index in [9.17, 15) is 4.39 Å². The van der Waals surface area contributed by atoms with E-state index in [-0.39, 0.29) is 11.9 Å². The van der Waals surface area contributed by atoms with Gasteiger partial charge in [-0.15, -0.1) is 0 Å². The van der Waals surface area contributed by atoms with Crippen molar-refractivity contribution in [1.82, 2.24) is 24.5 Å². The third kappa shape index (κ3) is 4.67. The summed E-state index contributed by atoms with van der Waals surface area (Å²) in [4.78, 5) is 4.52. The fourth-order valence-corrected chi connectivity index (χ4v) is 5.15. The van der Waals surface area contributed by atoms with Gasteiger partial charge in [0.1, 0.15) is 29.2 Å². The highest BCUT2D eigenvalue weighted by Gasteiger charge is 2.22. The number of aromatic nitrogens is 5. The smallest absolute Gasteiger partial charge is 0.143 e. The van der Waals surface area contributed by atoms with Gasteiger partial charge in [0.15, 0.2) is 0 Å². The predicted octanol–water partition coefficient (Wildman–Crippen LogP) is 5.29. The van der Waals surface area contributed by atoms with Gasteiger partial charge in [-0.25, -0.2) is 9.37 Å². The molecule has 39 heavy (non-hydrogen) atoms. The Kier molecular flexibility index (Phi) is 6.40. The van der Waals surface area contributed by atoms with Gasteiger partial charge in [-0.1, -0.05) is 18.2 Å². The summed E-state index contributed by atoms with van der Waals surface area (Å²) in [5.41, 5.74) is 18.2. The van der Waals surface area contributed by atoms with Gasteiger partial charge in [-0.2, -0.15) is 10.2 Å². The maximum absolute atomic E-state index is 13.4. The van der Waals surface area contributed by atoms with Gasteiger partial charge in [0.05, 0.1) is 28.8 Å². The molecule has 1 unspecified atom stereocenters. The second-order valence-electron chi connectivity index (χ2n) is 9.87. The minimum Gasteiger partial charge on any atom is -0.484 e. The van der Waals surface area contributed by atoms with Crippen LogP contribution in [0.2, 0.25) is 0 Å². The van der Waals surface area contributed by atoms with Crippen molar-refractivity contribution >= 4 is 22.4 Å². The first-order valence-electron chi connectivity index (χ1n) is 12.9. The zero-order valence-corrected chi connectivity index (χ0v) is 21.8. The van der Waals surface area contributed by atoms with Crippen LogP contribution in [0.15, 0.2) is 61.1 Å². The first kappa shape index (κ1) is 24.9. The quantitative estimate of drug-likeness (QED) is 0.288. The Labute approximate surface area is 225 Å². The van der Waals surface area contributed by atoms with Gasteiger partial charge in [-0.05, 0) is 49.6 Å². The van der Waals surface area contributed by atoms with Crippen LogP contribution in [0.1, 0.15) is 37.5 Å². The lowest BCUT2D eigenvalue weighted by atomic mass is 10.0. The SMILES string of the molecule is CC(Oc1cc(-c2nn(C)c3c(-c4cnn(C5CCOCC5)c4)cnc(N)c23)ccc1N)c1ccc(F)cc1. The van der Waals surface area contributed by atoms with E-state index in [1.165, 1.54) is 12.1 Å². The summed E-state index contributed by atoms with van der Waals surface area (Å²) in [5, 5.41) is 10.2. The average molecular weight is 528 g/mol. The normalized spacial score (nSPS) is 15.1. The number of fused-ring (bicyclic) bond motifs is 1. The highest BCUT2D eigenvalue weighted by Crippen LogP contribution is 2.39. The van der Waals surface area contributed by atoms with Crippen molar-refractivity contribution in [3.63, 3.8) is 0 Å². The second-order valence-corrected chi connectivity index (χ2v) is 9.87. The number of hydrogen-bond donors (Lipinski definition) is 2.